The Morgan fingerprint density at radius 2 is 2.57 bits per heavy atom. The highest BCUT2D eigenvalue weighted by atomic mass is 32.1. The van der Waals surface area contributed by atoms with Crippen LogP contribution in [0.5, 0.6) is 0 Å². The average molecular weight is 211 g/mol. The van der Waals surface area contributed by atoms with Gasteiger partial charge in [0.05, 0.1) is 0 Å². The Bertz CT molecular complexity index is 297. The van der Waals surface area contributed by atoms with Crippen LogP contribution in [0.2, 0.25) is 0 Å². The lowest BCUT2D eigenvalue weighted by Crippen LogP contribution is -2.30. The number of imidazole rings is 1. The number of hydrogen-bond acceptors (Lipinski definition) is 3. The molecule has 1 aliphatic rings. The van der Waals surface area contributed by atoms with Crippen molar-refractivity contribution in [1.82, 2.24) is 14.9 Å². The number of H-pyrrole nitrogens is 1. The first-order valence-electron chi connectivity index (χ1n) is 5.13. The molecular weight excluding hydrogens is 194 g/mol. The van der Waals surface area contributed by atoms with Gasteiger partial charge < -0.3 is 9.88 Å². The number of aromatic nitrogens is 2. The SMILES string of the molecule is CN1CCCC(c2cnc(CS)[nH]2)C1. The van der Waals surface area contributed by atoms with Crippen molar-refractivity contribution < 1.29 is 0 Å². The molecule has 0 spiro atoms. The van der Waals surface area contributed by atoms with Gasteiger partial charge in [-0.25, -0.2) is 4.98 Å². The van der Waals surface area contributed by atoms with Gasteiger partial charge >= 0.3 is 0 Å². The standard InChI is InChI=1S/C10H17N3S/c1-13-4-2-3-8(6-13)9-5-11-10(7-14)12-9/h5,8,14H,2-4,6-7H2,1H3,(H,11,12). The quantitative estimate of drug-likeness (QED) is 0.729. The highest BCUT2D eigenvalue weighted by molar-refractivity contribution is 7.79. The van der Waals surface area contributed by atoms with Gasteiger partial charge in [-0.2, -0.15) is 12.6 Å². The minimum Gasteiger partial charge on any atom is -0.345 e. The van der Waals surface area contributed by atoms with Crippen LogP contribution in [0.15, 0.2) is 6.20 Å². The Labute approximate surface area is 90.3 Å². The van der Waals surface area contributed by atoms with Gasteiger partial charge in [-0.1, -0.05) is 0 Å². The second kappa shape index (κ2) is 4.36. The first-order valence-corrected chi connectivity index (χ1v) is 5.76. The van der Waals surface area contributed by atoms with E-state index in [0.717, 1.165) is 12.4 Å². The fourth-order valence-electron chi connectivity index (χ4n) is 2.09. The van der Waals surface area contributed by atoms with Crippen LogP contribution in [0.1, 0.15) is 30.3 Å². The van der Waals surface area contributed by atoms with Crippen molar-refractivity contribution in [3.8, 4) is 0 Å². The van der Waals surface area contributed by atoms with Crippen LogP contribution in [-0.2, 0) is 5.75 Å². The average Bonchev–Trinajstić information content (AvgIpc) is 2.66. The molecule has 0 bridgehead atoms. The number of nitrogens with zero attached hydrogens (tertiary/aromatic N) is 2. The molecule has 0 aromatic carbocycles. The molecule has 1 aromatic heterocycles. The molecule has 0 amide bonds. The molecule has 0 radical (unpaired) electrons. The zero-order valence-electron chi connectivity index (χ0n) is 8.53. The summed E-state index contributed by atoms with van der Waals surface area (Å²) >= 11 is 4.20. The summed E-state index contributed by atoms with van der Waals surface area (Å²) in [5.74, 6) is 2.31. The van der Waals surface area contributed by atoms with Crippen LogP contribution in [0.25, 0.3) is 0 Å². The Morgan fingerprint density at radius 1 is 1.71 bits per heavy atom. The molecule has 0 aliphatic carbocycles. The van der Waals surface area contributed by atoms with Gasteiger partial charge in [0.1, 0.15) is 5.82 Å². The lowest BCUT2D eigenvalue weighted by Gasteiger charge is -2.28. The van der Waals surface area contributed by atoms with Crippen LogP contribution >= 0.6 is 12.6 Å². The molecule has 1 aliphatic heterocycles. The van der Waals surface area contributed by atoms with Crippen LogP contribution in [0, 0.1) is 0 Å². The van der Waals surface area contributed by atoms with E-state index in [1.807, 2.05) is 6.20 Å². The van der Waals surface area contributed by atoms with Crippen LogP contribution < -0.4 is 0 Å². The summed E-state index contributed by atoms with van der Waals surface area (Å²) in [5, 5.41) is 0. The van der Waals surface area contributed by atoms with Crippen molar-refractivity contribution in [2.75, 3.05) is 20.1 Å². The number of likely N-dealkylation sites (tertiary alicyclic amines) is 1. The van der Waals surface area contributed by atoms with Gasteiger partial charge in [-0.15, -0.1) is 0 Å². The normalized spacial score (nSPS) is 24.0. The van der Waals surface area contributed by atoms with Crippen molar-refractivity contribution in [1.29, 1.82) is 0 Å². The van der Waals surface area contributed by atoms with Crippen molar-refractivity contribution in [3.63, 3.8) is 0 Å². The van der Waals surface area contributed by atoms with Gasteiger partial charge in [0.25, 0.3) is 0 Å². The molecule has 0 saturated carbocycles. The van der Waals surface area contributed by atoms with Gasteiger partial charge in [0.15, 0.2) is 0 Å². The molecule has 4 heteroatoms. The number of aromatic amines is 1. The first kappa shape index (κ1) is 10.1. The largest absolute Gasteiger partial charge is 0.345 e. The van der Waals surface area contributed by atoms with Crippen molar-refractivity contribution in [3.05, 3.63) is 17.7 Å². The number of rotatable bonds is 2. The first-order chi connectivity index (χ1) is 6.79. The molecule has 2 heterocycles. The van der Waals surface area contributed by atoms with Gasteiger partial charge in [0, 0.05) is 30.1 Å². The monoisotopic (exact) mass is 211 g/mol. The van der Waals surface area contributed by atoms with Crippen LogP contribution in [0.3, 0.4) is 0 Å². The summed E-state index contributed by atoms with van der Waals surface area (Å²) in [6, 6.07) is 0. The molecule has 78 valence electrons. The van der Waals surface area contributed by atoms with E-state index < -0.39 is 0 Å². The van der Waals surface area contributed by atoms with Gasteiger partial charge in [-0.3, -0.25) is 0 Å². The number of likely N-dealkylation sites (N-methyl/N-ethyl adjacent to an activating group) is 1. The summed E-state index contributed by atoms with van der Waals surface area (Å²) in [6.45, 7) is 2.37. The predicted octanol–water partition coefficient (Wildman–Crippen LogP) is 1.65. The molecule has 1 unspecified atom stereocenters. The third-order valence-electron chi connectivity index (χ3n) is 2.86. The summed E-state index contributed by atoms with van der Waals surface area (Å²) in [7, 11) is 2.18. The lowest BCUT2D eigenvalue weighted by molar-refractivity contribution is 0.248. The molecule has 2 rings (SSSR count). The topological polar surface area (TPSA) is 31.9 Å². The molecule has 1 saturated heterocycles. The van der Waals surface area contributed by atoms with E-state index in [1.54, 1.807) is 0 Å². The van der Waals surface area contributed by atoms with E-state index >= 15 is 0 Å². The Hall–Kier alpha value is -0.480. The van der Waals surface area contributed by atoms with E-state index in [2.05, 4.69) is 34.5 Å². The van der Waals surface area contributed by atoms with Crippen molar-refractivity contribution in [2.45, 2.75) is 24.5 Å². The second-order valence-electron chi connectivity index (χ2n) is 4.04. The van der Waals surface area contributed by atoms with Crippen LogP contribution in [0.4, 0.5) is 0 Å². The van der Waals surface area contributed by atoms with Gasteiger partial charge in [0.2, 0.25) is 0 Å². The third kappa shape index (κ3) is 2.12. The fraction of sp³-hybridized carbons (Fsp3) is 0.700. The van der Waals surface area contributed by atoms with E-state index in [4.69, 9.17) is 0 Å². The third-order valence-corrected chi connectivity index (χ3v) is 3.16. The van der Waals surface area contributed by atoms with Crippen molar-refractivity contribution >= 4 is 12.6 Å². The highest BCUT2D eigenvalue weighted by Crippen LogP contribution is 2.24. The zero-order chi connectivity index (χ0) is 9.97. The second-order valence-corrected chi connectivity index (χ2v) is 4.36. The number of nitrogens with one attached hydrogen (secondary N) is 1. The Balaban J connectivity index is 2.06. The zero-order valence-corrected chi connectivity index (χ0v) is 9.43. The Kier molecular flexibility index (Phi) is 3.13. The molecule has 1 N–H and O–H groups in total. The smallest absolute Gasteiger partial charge is 0.115 e. The Morgan fingerprint density at radius 3 is 3.21 bits per heavy atom. The van der Waals surface area contributed by atoms with E-state index in [-0.39, 0.29) is 0 Å². The van der Waals surface area contributed by atoms with E-state index in [1.165, 1.54) is 25.1 Å². The molecule has 1 atom stereocenters. The minimum atomic E-state index is 0.634. The fourth-order valence-corrected chi connectivity index (χ4v) is 2.25. The van der Waals surface area contributed by atoms with E-state index in [9.17, 15) is 0 Å². The maximum atomic E-state index is 4.28. The van der Waals surface area contributed by atoms with Crippen molar-refractivity contribution in [2.24, 2.45) is 0 Å². The van der Waals surface area contributed by atoms with Crippen LogP contribution in [-0.4, -0.2) is 35.0 Å². The molecule has 1 fully saturated rings. The summed E-state index contributed by atoms with van der Waals surface area (Å²) in [6.07, 6.45) is 4.53. The highest BCUT2D eigenvalue weighted by Gasteiger charge is 2.20. The minimum absolute atomic E-state index is 0.634. The summed E-state index contributed by atoms with van der Waals surface area (Å²) < 4.78 is 0. The molecule has 3 nitrogen and oxygen atoms in total. The molecule has 14 heavy (non-hydrogen) atoms. The number of piperidine rings is 1. The number of thiol groups is 1. The number of hydrogen-bond donors (Lipinski definition) is 2. The van der Waals surface area contributed by atoms with E-state index in [0.29, 0.717) is 11.7 Å². The maximum absolute atomic E-state index is 4.28. The van der Waals surface area contributed by atoms with Gasteiger partial charge in [-0.05, 0) is 26.4 Å². The maximum Gasteiger partial charge on any atom is 0.115 e. The molecule has 1 aromatic rings. The molecular formula is C10H17N3S. The summed E-state index contributed by atoms with van der Waals surface area (Å²) in [5.41, 5.74) is 1.28. The summed E-state index contributed by atoms with van der Waals surface area (Å²) in [4.78, 5) is 10.0. The predicted molar refractivity (Wildman–Crippen MR) is 60.7 cm³/mol. The lowest BCUT2D eigenvalue weighted by atomic mass is 9.96.